The van der Waals surface area contributed by atoms with Crippen LogP contribution in [0.25, 0.3) is 5.69 Å². The van der Waals surface area contributed by atoms with E-state index in [4.69, 9.17) is 9.84 Å². The molecule has 9 nitrogen and oxygen atoms in total. The number of benzene rings is 1. The number of para-hydroxylation sites is 1. The first-order valence-corrected chi connectivity index (χ1v) is 12.7. The molecule has 9 heteroatoms. The Balaban J connectivity index is 1.60. The number of hydrogen-bond acceptors (Lipinski definition) is 5. The summed E-state index contributed by atoms with van der Waals surface area (Å²) in [6, 6.07) is 9.70. The van der Waals surface area contributed by atoms with E-state index in [1.165, 1.54) is 0 Å². The molecule has 1 aliphatic heterocycles. The first kappa shape index (κ1) is 25.9. The minimum absolute atomic E-state index is 0.00263. The molecule has 1 N–H and O–H groups in total. The van der Waals surface area contributed by atoms with Gasteiger partial charge in [-0.25, -0.2) is 4.68 Å². The van der Waals surface area contributed by atoms with Crippen molar-refractivity contribution in [3.63, 3.8) is 0 Å². The van der Waals surface area contributed by atoms with Gasteiger partial charge in [-0.3, -0.25) is 23.9 Å². The molecule has 4 rings (SSSR count). The predicted octanol–water partition coefficient (Wildman–Crippen LogP) is 2.66. The van der Waals surface area contributed by atoms with Crippen LogP contribution in [0.15, 0.2) is 35.1 Å². The number of hydrogen-bond donors (Lipinski definition) is 1. The monoisotopic (exact) mass is 494 g/mol. The summed E-state index contributed by atoms with van der Waals surface area (Å²) in [5.41, 5.74) is 5.16. The van der Waals surface area contributed by atoms with E-state index in [0.29, 0.717) is 37.9 Å². The number of fused-ring (bicyclic) bond motifs is 1. The second-order valence-electron chi connectivity index (χ2n) is 9.93. The molecule has 3 heterocycles. The van der Waals surface area contributed by atoms with Crippen LogP contribution < -0.4 is 10.9 Å². The molecular weight excluding hydrogens is 456 g/mol. The third-order valence-corrected chi connectivity index (χ3v) is 6.99. The molecule has 1 aromatic carbocycles. The van der Waals surface area contributed by atoms with Crippen molar-refractivity contribution in [2.45, 2.75) is 53.2 Å². The van der Waals surface area contributed by atoms with Gasteiger partial charge in [0.25, 0.3) is 11.5 Å². The smallest absolute Gasteiger partial charge is 0.276 e. The topological polar surface area (TPSA) is 86.3 Å². The molecule has 3 aromatic rings. The molecule has 0 bridgehead atoms. The van der Waals surface area contributed by atoms with Crippen molar-refractivity contribution in [3.8, 4) is 5.69 Å². The van der Waals surface area contributed by atoms with Crippen molar-refractivity contribution in [2.75, 3.05) is 26.8 Å². The van der Waals surface area contributed by atoms with Gasteiger partial charge in [0.2, 0.25) is 0 Å². The summed E-state index contributed by atoms with van der Waals surface area (Å²) in [5.74, 6) is 0.382. The zero-order valence-electron chi connectivity index (χ0n) is 22.1. The number of rotatable bonds is 10. The largest absolute Gasteiger partial charge is 0.383 e. The van der Waals surface area contributed by atoms with Crippen LogP contribution in [-0.2, 0) is 37.8 Å². The summed E-state index contributed by atoms with van der Waals surface area (Å²) < 4.78 is 10.7. The van der Waals surface area contributed by atoms with E-state index in [-0.39, 0.29) is 11.5 Å². The molecule has 2 aromatic heterocycles. The number of aryl methyl sites for hydroxylation is 1. The van der Waals surface area contributed by atoms with E-state index in [0.717, 1.165) is 54.1 Å². The Morgan fingerprint density at radius 1 is 1.22 bits per heavy atom. The van der Waals surface area contributed by atoms with Crippen LogP contribution in [0.3, 0.4) is 0 Å². The Kier molecular flexibility index (Phi) is 8.11. The molecule has 0 aliphatic carbocycles. The molecule has 0 radical (unpaired) electrons. The molecule has 0 saturated carbocycles. The van der Waals surface area contributed by atoms with Crippen molar-refractivity contribution in [3.05, 3.63) is 68.9 Å². The van der Waals surface area contributed by atoms with Gasteiger partial charge >= 0.3 is 0 Å². The average molecular weight is 495 g/mol. The standard InChI is InChI=1S/C27H38N6O3/c1-19(2)11-15-32-24-12-14-31(18-23(24)25(29-32)26(34)28-13-16-36-5)17-22-20(3)30(4)33(27(22)35)21-9-7-6-8-10-21/h6-10,19H,11-18H2,1-5H3,(H,28,34). The van der Waals surface area contributed by atoms with Crippen molar-refractivity contribution in [1.29, 1.82) is 0 Å². The van der Waals surface area contributed by atoms with Gasteiger partial charge in [-0.2, -0.15) is 5.10 Å². The van der Waals surface area contributed by atoms with Gasteiger partial charge in [-0.05, 0) is 31.4 Å². The summed E-state index contributed by atoms with van der Waals surface area (Å²) in [4.78, 5) is 28.7. The second-order valence-corrected chi connectivity index (χ2v) is 9.93. The number of amides is 1. The maximum absolute atomic E-state index is 13.4. The summed E-state index contributed by atoms with van der Waals surface area (Å²) in [6.45, 7) is 9.99. The summed E-state index contributed by atoms with van der Waals surface area (Å²) >= 11 is 0. The van der Waals surface area contributed by atoms with Gasteiger partial charge in [0.1, 0.15) is 0 Å². The third-order valence-electron chi connectivity index (χ3n) is 6.99. The van der Waals surface area contributed by atoms with Gasteiger partial charge < -0.3 is 10.1 Å². The molecule has 0 atom stereocenters. The highest BCUT2D eigenvalue weighted by Gasteiger charge is 2.29. The molecule has 194 valence electrons. The number of nitrogens with zero attached hydrogens (tertiary/aromatic N) is 5. The van der Waals surface area contributed by atoms with Crippen molar-refractivity contribution < 1.29 is 9.53 Å². The number of ether oxygens (including phenoxy) is 1. The quantitative estimate of drug-likeness (QED) is 0.438. The number of carbonyl (C=O) groups is 1. The van der Waals surface area contributed by atoms with E-state index < -0.39 is 0 Å². The van der Waals surface area contributed by atoms with E-state index in [1.54, 1.807) is 11.8 Å². The first-order valence-electron chi connectivity index (χ1n) is 12.7. The molecule has 1 amide bonds. The van der Waals surface area contributed by atoms with Gasteiger partial charge in [0.15, 0.2) is 5.69 Å². The fraction of sp³-hybridized carbons (Fsp3) is 0.519. The normalized spacial score (nSPS) is 13.8. The molecular formula is C27H38N6O3. The van der Waals surface area contributed by atoms with E-state index in [1.807, 2.05) is 53.7 Å². The van der Waals surface area contributed by atoms with Gasteiger partial charge in [0.05, 0.1) is 17.9 Å². The molecule has 0 saturated heterocycles. The van der Waals surface area contributed by atoms with Gasteiger partial charge in [-0.1, -0.05) is 32.0 Å². The molecule has 0 fully saturated rings. The Labute approximate surface area is 212 Å². The van der Waals surface area contributed by atoms with E-state index in [9.17, 15) is 9.59 Å². The van der Waals surface area contributed by atoms with Crippen molar-refractivity contribution in [1.82, 2.24) is 29.4 Å². The van der Waals surface area contributed by atoms with Crippen LogP contribution in [0.4, 0.5) is 0 Å². The number of nitrogens with one attached hydrogen (secondary N) is 1. The van der Waals surface area contributed by atoms with E-state index >= 15 is 0 Å². The van der Waals surface area contributed by atoms with Crippen LogP contribution in [0.5, 0.6) is 0 Å². The zero-order chi connectivity index (χ0) is 25.8. The average Bonchev–Trinajstić information content (AvgIpc) is 3.33. The lowest BCUT2D eigenvalue weighted by Crippen LogP contribution is -2.34. The lowest BCUT2D eigenvalue weighted by molar-refractivity contribution is 0.0929. The van der Waals surface area contributed by atoms with Crippen molar-refractivity contribution >= 4 is 5.91 Å². The van der Waals surface area contributed by atoms with Gasteiger partial charge in [0, 0.05) is 70.3 Å². The highest BCUT2D eigenvalue weighted by Crippen LogP contribution is 2.25. The maximum atomic E-state index is 13.4. The Morgan fingerprint density at radius 2 is 1.97 bits per heavy atom. The van der Waals surface area contributed by atoms with Gasteiger partial charge in [-0.15, -0.1) is 0 Å². The van der Waals surface area contributed by atoms with Crippen LogP contribution in [0.1, 0.15) is 53.3 Å². The highest BCUT2D eigenvalue weighted by molar-refractivity contribution is 5.94. The second kappa shape index (κ2) is 11.3. The predicted molar refractivity (Wildman–Crippen MR) is 139 cm³/mol. The zero-order valence-corrected chi connectivity index (χ0v) is 22.1. The first-order chi connectivity index (χ1) is 17.3. The number of carbonyl (C=O) groups excluding carboxylic acids is 1. The van der Waals surface area contributed by atoms with Crippen molar-refractivity contribution in [2.24, 2.45) is 13.0 Å². The highest BCUT2D eigenvalue weighted by atomic mass is 16.5. The van der Waals surface area contributed by atoms with Crippen LogP contribution in [0.2, 0.25) is 0 Å². The molecule has 0 unspecified atom stereocenters. The fourth-order valence-electron chi connectivity index (χ4n) is 4.81. The summed E-state index contributed by atoms with van der Waals surface area (Å²) in [6.07, 6.45) is 1.80. The minimum Gasteiger partial charge on any atom is -0.383 e. The molecule has 1 aliphatic rings. The number of aromatic nitrogens is 4. The lowest BCUT2D eigenvalue weighted by Gasteiger charge is -2.27. The van der Waals surface area contributed by atoms with E-state index in [2.05, 4.69) is 24.1 Å². The Bertz CT molecular complexity index is 1250. The Morgan fingerprint density at radius 3 is 2.67 bits per heavy atom. The Hall–Kier alpha value is -3.17. The van der Waals surface area contributed by atoms with Crippen LogP contribution >= 0.6 is 0 Å². The van der Waals surface area contributed by atoms with Crippen LogP contribution in [0, 0.1) is 12.8 Å². The fourth-order valence-corrected chi connectivity index (χ4v) is 4.81. The number of methoxy groups -OCH3 is 1. The molecule has 0 spiro atoms. The summed E-state index contributed by atoms with van der Waals surface area (Å²) in [7, 11) is 3.53. The minimum atomic E-state index is -0.171. The third kappa shape index (κ3) is 5.32. The SMILES string of the molecule is COCCNC(=O)c1nn(CCC(C)C)c2c1CN(Cc1c(C)n(C)n(-c3ccccc3)c1=O)CC2. The van der Waals surface area contributed by atoms with Crippen LogP contribution in [-0.4, -0.2) is 56.8 Å². The maximum Gasteiger partial charge on any atom is 0.276 e. The summed E-state index contributed by atoms with van der Waals surface area (Å²) in [5, 5.41) is 7.67. The molecule has 36 heavy (non-hydrogen) atoms. The lowest BCUT2D eigenvalue weighted by atomic mass is 10.0.